The minimum absolute atomic E-state index is 0.214. The molecule has 2 aromatic carbocycles. The van der Waals surface area contributed by atoms with Crippen LogP contribution in [0.2, 0.25) is 0 Å². The molecule has 1 heterocycles. The van der Waals surface area contributed by atoms with E-state index in [0.29, 0.717) is 23.0 Å². The predicted molar refractivity (Wildman–Crippen MR) is 117 cm³/mol. The van der Waals surface area contributed by atoms with Crippen molar-refractivity contribution in [2.24, 2.45) is 0 Å². The van der Waals surface area contributed by atoms with Crippen molar-refractivity contribution in [3.8, 4) is 5.75 Å². The number of hydrogen-bond acceptors (Lipinski definition) is 4. The average molecular weight is 406 g/mol. The minimum Gasteiger partial charge on any atom is -0.481 e. The number of para-hydroxylation sites is 1. The normalized spacial score (nSPS) is 12.6. The Hall–Kier alpha value is -3.54. The molecule has 0 aliphatic rings. The fourth-order valence-corrected chi connectivity index (χ4v) is 2.98. The van der Waals surface area contributed by atoms with Crippen LogP contribution in [0, 0.1) is 0 Å². The zero-order valence-corrected chi connectivity index (χ0v) is 17.3. The third-order valence-corrected chi connectivity index (χ3v) is 4.87. The van der Waals surface area contributed by atoms with E-state index in [1.807, 2.05) is 24.3 Å². The van der Waals surface area contributed by atoms with E-state index < -0.39 is 6.10 Å². The second-order valence-electron chi connectivity index (χ2n) is 7.11. The van der Waals surface area contributed by atoms with Gasteiger partial charge >= 0.3 is 0 Å². The highest BCUT2D eigenvalue weighted by atomic mass is 16.5. The summed E-state index contributed by atoms with van der Waals surface area (Å²) < 4.78 is 11.0. The van der Waals surface area contributed by atoms with Gasteiger partial charge in [-0.1, -0.05) is 38.1 Å². The molecule has 3 rings (SSSR count). The van der Waals surface area contributed by atoms with E-state index in [1.54, 1.807) is 43.3 Å². The first kappa shape index (κ1) is 21.2. The second kappa shape index (κ2) is 9.78. The van der Waals surface area contributed by atoms with E-state index in [1.165, 1.54) is 6.26 Å². The van der Waals surface area contributed by atoms with Crippen molar-refractivity contribution in [1.82, 2.24) is 0 Å². The Labute approximate surface area is 176 Å². The van der Waals surface area contributed by atoms with Gasteiger partial charge in [0.15, 0.2) is 11.9 Å². The molecule has 0 aliphatic carbocycles. The quantitative estimate of drug-likeness (QED) is 0.521. The number of amides is 2. The van der Waals surface area contributed by atoms with Gasteiger partial charge in [-0.15, -0.1) is 0 Å². The summed E-state index contributed by atoms with van der Waals surface area (Å²) in [5, 5.41) is 5.57. The SMILES string of the molecule is CCC(C)c1ccccc1OC(C)C(=O)Nc1cccc(NC(=O)c2ccco2)c1. The number of furan rings is 1. The largest absolute Gasteiger partial charge is 0.481 e. The summed E-state index contributed by atoms with van der Waals surface area (Å²) in [6.07, 6.45) is 1.74. The van der Waals surface area contributed by atoms with Crippen molar-refractivity contribution in [2.75, 3.05) is 10.6 Å². The zero-order chi connectivity index (χ0) is 21.5. The zero-order valence-electron chi connectivity index (χ0n) is 17.3. The van der Waals surface area contributed by atoms with Crippen LogP contribution in [0.15, 0.2) is 71.3 Å². The van der Waals surface area contributed by atoms with Gasteiger partial charge in [-0.05, 0) is 61.2 Å². The van der Waals surface area contributed by atoms with Crippen molar-refractivity contribution in [3.63, 3.8) is 0 Å². The van der Waals surface area contributed by atoms with Gasteiger partial charge in [-0.2, -0.15) is 0 Å². The van der Waals surface area contributed by atoms with E-state index >= 15 is 0 Å². The van der Waals surface area contributed by atoms with Crippen LogP contribution in [0.1, 0.15) is 49.2 Å². The molecule has 0 bridgehead atoms. The summed E-state index contributed by atoms with van der Waals surface area (Å²) in [6.45, 7) is 5.97. The van der Waals surface area contributed by atoms with Gasteiger partial charge in [0.25, 0.3) is 11.8 Å². The molecule has 30 heavy (non-hydrogen) atoms. The number of benzene rings is 2. The van der Waals surface area contributed by atoms with E-state index in [9.17, 15) is 9.59 Å². The first-order valence-corrected chi connectivity index (χ1v) is 9.99. The summed E-state index contributed by atoms with van der Waals surface area (Å²) >= 11 is 0. The van der Waals surface area contributed by atoms with Gasteiger partial charge in [-0.25, -0.2) is 0 Å². The van der Waals surface area contributed by atoms with Crippen LogP contribution in [0.3, 0.4) is 0 Å². The van der Waals surface area contributed by atoms with Gasteiger partial charge < -0.3 is 19.8 Å². The summed E-state index contributed by atoms with van der Waals surface area (Å²) in [4.78, 5) is 24.8. The molecule has 0 fully saturated rings. The Kier molecular flexibility index (Phi) is 6.91. The highest BCUT2D eigenvalue weighted by Gasteiger charge is 2.18. The minimum atomic E-state index is -0.684. The van der Waals surface area contributed by atoms with Gasteiger partial charge in [0.2, 0.25) is 0 Å². The highest BCUT2D eigenvalue weighted by Crippen LogP contribution is 2.29. The molecule has 2 unspecified atom stereocenters. The lowest BCUT2D eigenvalue weighted by Crippen LogP contribution is -2.30. The van der Waals surface area contributed by atoms with Crippen LogP contribution in [0.25, 0.3) is 0 Å². The molecule has 2 atom stereocenters. The molecule has 2 N–H and O–H groups in total. The number of carbonyl (C=O) groups excluding carboxylic acids is 2. The van der Waals surface area contributed by atoms with E-state index in [0.717, 1.165) is 12.0 Å². The topological polar surface area (TPSA) is 80.6 Å². The maximum Gasteiger partial charge on any atom is 0.291 e. The molecule has 0 aliphatic heterocycles. The van der Waals surface area contributed by atoms with Crippen molar-refractivity contribution in [2.45, 2.75) is 39.2 Å². The first-order valence-electron chi connectivity index (χ1n) is 9.99. The number of carbonyl (C=O) groups is 2. The van der Waals surface area contributed by atoms with Crippen molar-refractivity contribution < 1.29 is 18.7 Å². The number of rotatable bonds is 8. The lowest BCUT2D eigenvalue weighted by Gasteiger charge is -2.19. The fourth-order valence-electron chi connectivity index (χ4n) is 2.98. The van der Waals surface area contributed by atoms with Crippen LogP contribution in [-0.2, 0) is 4.79 Å². The summed E-state index contributed by atoms with van der Waals surface area (Å²) in [5.74, 6) is 0.636. The fraction of sp³-hybridized carbons (Fsp3) is 0.250. The Morgan fingerprint density at radius 3 is 2.40 bits per heavy atom. The summed E-state index contributed by atoms with van der Waals surface area (Å²) in [6, 6.07) is 17.9. The van der Waals surface area contributed by atoms with E-state index in [-0.39, 0.29) is 17.6 Å². The average Bonchev–Trinajstić information content (AvgIpc) is 3.29. The molecule has 0 saturated heterocycles. The van der Waals surface area contributed by atoms with Gasteiger partial charge in [0.05, 0.1) is 6.26 Å². The van der Waals surface area contributed by atoms with Gasteiger partial charge in [0.1, 0.15) is 5.75 Å². The Bertz CT molecular complexity index is 998. The number of nitrogens with one attached hydrogen (secondary N) is 2. The third kappa shape index (κ3) is 5.29. The molecule has 1 aromatic heterocycles. The van der Waals surface area contributed by atoms with Gasteiger partial charge in [-0.3, -0.25) is 9.59 Å². The Morgan fingerprint density at radius 2 is 1.70 bits per heavy atom. The number of hydrogen-bond donors (Lipinski definition) is 2. The Balaban J connectivity index is 1.64. The van der Waals surface area contributed by atoms with E-state index in [2.05, 4.69) is 24.5 Å². The molecule has 6 nitrogen and oxygen atoms in total. The van der Waals surface area contributed by atoms with Crippen LogP contribution < -0.4 is 15.4 Å². The number of ether oxygens (including phenoxy) is 1. The lowest BCUT2D eigenvalue weighted by atomic mass is 9.98. The molecule has 2 amide bonds. The number of anilines is 2. The van der Waals surface area contributed by atoms with E-state index in [4.69, 9.17) is 9.15 Å². The standard InChI is InChI=1S/C24H26N2O4/c1-4-16(2)20-11-5-6-12-21(20)30-17(3)23(27)25-18-9-7-10-19(15-18)26-24(28)22-13-8-14-29-22/h5-17H,4H2,1-3H3,(H,25,27)(H,26,28). The third-order valence-electron chi connectivity index (χ3n) is 4.87. The van der Waals surface area contributed by atoms with Crippen molar-refractivity contribution in [3.05, 3.63) is 78.3 Å². The van der Waals surface area contributed by atoms with Crippen LogP contribution in [0.5, 0.6) is 5.75 Å². The highest BCUT2D eigenvalue weighted by molar-refractivity contribution is 6.02. The van der Waals surface area contributed by atoms with Crippen LogP contribution >= 0.6 is 0 Å². The monoisotopic (exact) mass is 406 g/mol. The smallest absolute Gasteiger partial charge is 0.291 e. The summed E-state index contributed by atoms with van der Waals surface area (Å²) in [7, 11) is 0. The molecule has 3 aromatic rings. The maximum atomic E-state index is 12.6. The lowest BCUT2D eigenvalue weighted by molar-refractivity contribution is -0.122. The second-order valence-corrected chi connectivity index (χ2v) is 7.11. The van der Waals surface area contributed by atoms with Crippen LogP contribution in [-0.4, -0.2) is 17.9 Å². The predicted octanol–water partition coefficient (Wildman–Crippen LogP) is 5.45. The van der Waals surface area contributed by atoms with Crippen LogP contribution in [0.4, 0.5) is 11.4 Å². The maximum absolute atomic E-state index is 12.6. The molecular formula is C24H26N2O4. The van der Waals surface area contributed by atoms with Gasteiger partial charge in [0, 0.05) is 11.4 Å². The summed E-state index contributed by atoms with van der Waals surface area (Å²) in [5.41, 5.74) is 2.19. The molecule has 0 spiro atoms. The van der Waals surface area contributed by atoms with Crippen molar-refractivity contribution >= 4 is 23.2 Å². The van der Waals surface area contributed by atoms with Crippen molar-refractivity contribution in [1.29, 1.82) is 0 Å². The molecule has 156 valence electrons. The first-order chi connectivity index (χ1) is 14.5. The Morgan fingerprint density at radius 1 is 0.967 bits per heavy atom. The molecular weight excluding hydrogens is 380 g/mol. The molecule has 6 heteroatoms. The molecule has 0 saturated carbocycles. The molecule has 0 radical (unpaired) electrons.